The Morgan fingerprint density at radius 2 is 0.651 bits per heavy atom. The number of carbonyl (C=O) groups is 3. The summed E-state index contributed by atoms with van der Waals surface area (Å²) in [6, 6.07) is 0. The van der Waals surface area contributed by atoms with Crippen LogP contribution in [0.1, 0.15) is 252 Å². The molecule has 0 aliphatic carbocycles. The van der Waals surface area contributed by atoms with Gasteiger partial charge in [-0.2, -0.15) is 0 Å². The van der Waals surface area contributed by atoms with Crippen LogP contribution in [0.5, 0.6) is 0 Å². The van der Waals surface area contributed by atoms with Crippen LogP contribution in [-0.4, -0.2) is 37.2 Å². The first-order chi connectivity index (χ1) is 31.0. The molecule has 6 nitrogen and oxygen atoms in total. The normalized spacial score (nSPS) is 12.6. The molecule has 0 N–H and O–H groups in total. The highest BCUT2D eigenvalue weighted by molar-refractivity contribution is 5.71. The van der Waals surface area contributed by atoms with Crippen molar-refractivity contribution in [1.82, 2.24) is 0 Å². The Morgan fingerprint density at radius 3 is 1.06 bits per heavy atom. The summed E-state index contributed by atoms with van der Waals surface area (Å²) in [5.74, 6) is -0.980. The van der Waals surface area contributed by atoms with Crippen molar-refractivity contribution in [2.75, 3.05) is 13.2 Å². The van der Waals surface area contributed by atoms with Crippen molar-refractivity contribution in [1.29, 1.82) is 0 Å². The molecule has 0 aromatic rings. The molecule has 0 aromatic carbocycles. The number of ether oxygens (including phenoxy) is 3. The molecule has 0 amide bonds. The predicted octanol–water partition coefficient (Wildman–Crippen LogP) is 17.4. The monoisotopic (exact) mass is 879 g/mol. The molecule has 0 heterocycles. The molecule has 1 atom stereocenters. The molecular formula is C57H98O6. The van der Waals surface area contributed by atoms with Crippen LogP contribution in [0.15, 0.2) is 72.9 Å². The van der Waals surface area contributed by atoms with Crippen molar-refractivity contribution in [2.24, 2.45) is 0 Å². The summed E-state index contributed by atoms with van der Waals surface area (Å²) >= 11 is 0. The van der Waals surface area contributed by atoms with E-state index in [2.05, 4.69) is 39.0 Å². The van der Waals surface area contributed by atoms with E-state index >= 15 is 0 Å². The molecular weight excluding hydrogens is 781 g/mol. The van der Waals surface area contributed by atoms with Gasteiger partial charge in [-0.05, 0) is 57.8 Å². The standard InChI is InChI=1S/C57H98O6/c1-4-7-10-13-16-19-22-25-27-28-29-30-33-35-38-41-44-47-50-56(59)62-53-54(52-61-55(58)49-46-43-40-37-34-31-24-21-18-15-12-9-6-3)63-57(60)51-48-45-42-39-36-32-26-23-20-17-14-11-8-5-2/h9,12,15,18,21,24,29-31,34,37,40,54H,4-8,10-11,13-14,16-17,19-20,22-23,25-28,32-33,35-36,38-39,41-53H2,1-3H3/b12-9-,18-15-,24-21-,30-29-,34-31-,40-37-. The van der Waals surface area contributed by atoms with Gasteiger partial charge < -0.3 is 14.2 Å². The average molecular weight is 879 g/mol. The summed E-state index contributed by atoms with van der Waals surface area (Å²) in [7, 11) is 0. The second-order valence-electron chi connectivity index (χ2n) is 17.5. The van der Waals surface area contributed by atoms with Gasteiger partial charge in [0.25, 0.3) is 0 Å². The molecule has 6 heteroatoms. The van der Waals surface area contributed by atoms with Crippen molar-refractivity contribution in [2.45, 2.75) is 258 Å². The van der Waals surface area contributed by atoms with Gasteiger partial charge in [-0.1, -0.05) is 248 Å². The smallest absolute Gasteiger partial charge is 0.306 e. The Morgan fingerprint density at radius 1 is 0.333 bits per heavy atom. The molecule has 0 bridgehead atoms. The molecule has 0 radical (unpaired) electrons. The number of hydrogen-bond acceptors (Lipinski definition) is 6. The van der Waals surface area contributed by atoms with Crippen LogP contribution in [0.3, 0.4) is 0 Å². The van der Waals surface area contributed by atoms with Gasteiger partial charge >= 0.3 is 17.9 Å². The zero-order valence-electron chi connectivity index (χ0n) is 41.3. The van der Waals surface area contributed by atoms with Gasteiger partial charge in [0.2, 0.25) is 0 Å². The predicted molar refractivity (Wildman–Crippen MR) is 270 cm³/mol. The van der Waals surface area contributed by atoms with E-state index in [0.717, 1.165) is 57.8 Å². The number of rotatable bonds is 47. The zero-order valence-corrected chi connectivity index (χ0v) is 41.3. The molecule has 362 valence electrons. The van der Waals surface area contributed by atoms with Crippen LogP contribution in [0.25, 0.3) is 0 Å². The van der Waals surface area contributed by atoms with Crippen molar-refractivity contribution in [3.05, 3.63) is 72.9 Å². The molecule has 1 unspecified atom stereocenters. The molecule has 63 heavy (non-hydrogen) atoms. The Bertz CT molecular complexity index is 1190. The second kappa shape index (κ2) is 51.5. The first kappa shape index (κ1) is 59.9. The molecule has 0 aromatic heterocycles. The third kappa shape index (κ3) is 49.7. The number of unbranched alkanes of at least 4 members (excludes halogenated alkanes) is 28. The first-order valence-corrected chi connectivity index (χ1v) is 26.5. The van der Waals surface area contributed by atoms with Crippen molar-refractivity contribution < 1.29 is 28.6 Å². The van der Waals surface area contributed by atoms with E-state index in [0.29, 0.717) is 19.3 Å². The van der Waals surface area contributed by atoms with E-state index in [1.807, 2.05) is 54.7 Å². The minimum absolute atomic E-state index is 0.100. The first-order valence-electron chi connectivity index (χ1n) is 26.5. The second-order valence-corrected chi connectivity index (χ2v) is 17.5. The van der Waals surface area contributed by atoms with Gasteiger partial charge in [0.1, 0.15) is 13.2 Å². The molecule has 0 saturated heterocycles. The minimum atomic E-state index is -0.805. The average Bonchev–Trinajstić information content (AvgIpc) is 3.28. The third-order valence-corrected chi connectivity index (χ3v) is 11.3. The fourth-order valence-electron chi connectivity index (χ4n) is 7.35. The fraction of sp³-hybridized carbons (Fsp3) is 0.737. The Kier molecular flexibility index (Phi) is 48.9. The van der Waals surface area contributed by atoms with Gasteiger partial charge in [-0.25, -0.2) is 0 Å². The SMILES string of the molecule is CC\C=C/C=C\C=C/C=C\C=C/CCCC(=O)OCC(COC(=O)CCCCCCC/C=C\CCCCCCCCCCC)OC(=O)CCCCCCCCCCCCCCCC. The molecule has 0 aliphatic heterocycles. The summed E-state index contributed by atoms with van der Waals surface area (Å²) in [6.07, 6.45) is 64.7. The summed E-state index contributed by atoms with van der Waals surface area (Å²) in [4.78, 5) is 38.0. The number of hydrogen-bond donors (Lipinski definition) is 0. The van der Waals surface area contributed by atoms with Crippen LogP contribution in [0.2, 0.25) is 0 Å². The summed E-state index contributed by atoms with van der Waals surface area (Å²) in [5, 5.41) is 0. The molecule has 0 spiro atoms. The Hall–Kier alpha value is -3.15. The maximum atomic E-state index is 12.8. The van der Waals surface area contributed by atoms with Crippen molar-refractivity contribution >= 4 is 17.9 Å². The quantitative estimate of drug-likeness (QED) is 0.0199. The lowest BCUT2D eigenvalue weighted by Crippen LogP contribution is -2.30. The summed E-state index contributed by atoms with van der Waals surface area (Å²) in [5.41, 5.74) is 0. The van der Waals surface area contributed by atoms with E-state index in [1.54, 1.807) is 0 Å². The highest BCUT2D eigenvalue weighted by atomic mass is 16.6. The Labute approximate surface area is 389 Å². The highest BCUT2D eigenvalue weighted by Crippen LogP contribution is 2.15. The molecule has 0 rings (SSSR count). The maximum Gasteiger partial charge on any atom is 0.306 e. The van der Waals surface area contributed by atoms with E-state index in [1.165, 1.54) is 148 Å². The maximum absolute atomic E-state index is 12.8. The Balaban J connectivity index is 4.44. The summed E-state index contributed by atoms with van der Waals surface area (Å²) in [6.45, 7) is 6.43. The highest BCUT2D eigenvalue weighted by Gasteiger charge is 2.19. The van der Waals surface area contributed by atoms with Gasteiger partial charge in [-0.15, -0.1) is 0 Å². The topological polar surface area (TPSA) is 78.9 Å². The number of carbonyl (C=O) groups excluding carboxylic acids is 3. The molecule has 0 aliphatic rings. The lowest BCUT2D eigenvalue weighted by molar-refractivity contribution is -0.167. The fourth-order valence-corrected chi connectivity index (χ4v) is 7.35. The van der Waals surface area contributed by atoms with Crippen molar-refractivity contribution in [3.8, 4) is 0 Å². The summed E-state index contributed by atoms with van der Waals surface area (Å²) < 4.78 is 16.7. The van der Waals surface area contributed by atoms with Crippen LogP contribution in [-0.2, 0) is 28.6 Å². The van der Waals surface area contributed by atoms with Crippen LogP contribution in [0.4, 0.5) is 0 Å². The number of esters is 3. The molecule has 0 saturated carbocycles. The number of allylic oxidation sites excluding steroid dienone is 12. The van der Waals surface area contributed by atoms with Gasteiger partial charge in [0.05, 0.1) is 0 Å². The zero-order chi connectivity index (χ0) is 45.8. The third-order valence-electron chi connectivity index (χ3n) is 11.3. The van der Waals surface area contributed by atoms with E-state index in [9.17, 15) is 14.4 Å². The van der Waals surface area contributed by atoms with E-state index < -0.39 is 6.10 Å². The van der Waals surface area contributed by atoms with Crippen LogP contribution < -0.4 is 0 Å². The van der Waals surface area contributed by atoms with Crippen molar-refractivity contribution in [3.63, 3.8) is 0 Å². The molecule has 0 fully saturated rings. The van der Waals surface area contributed by atoms with Crippen LogP contribution >= 0.6 is 0 Å². The van der Waals surface area contributed by atoms with Gasteiger partial charge in [0.15, 0.2) is 6.10 Å². The lowest BCUT2D eigenvalue weighted by atomic mass is 10.0. The lowest BCUT2D eigenvalue weighted by Gasteiger charge is -2.18. The van der Waals surface area contributed by atoms with E-state index in [4.69, 9.17) is 14.2 Å². The van der Waals surface area contributed by atoms with E-state index in [-0.39, 0.29) is 37.5 Å². The van der Waals surface area contributed by atoms with Crippen LogP contribution in [0, 0.1) is 0 Å². The largest absolute Gasteiger partial charge is 0.462 e. The van der Waals surface area contributed by atoms with Gasteiger partial charge in [0, 0.05) is 19.3 Å². The minimum Gasteiger partial charge on any atom is -0.462 e. The van der Waals surface area contributed by atoms with Gasteiger partial charge in [-0.3, -0.25) is 14.4 Å².